The molecule has 0 spiro atoms. The van der Waals surface area contributed by atoms with E-state index < -0.39 is 0 Å². The van der Waals surface area contributed by atoms with E-state index in [0.717, 1.165) is 18.8 Å². The zero-order valence-electron chi connectivity index (χ0n) is 12.3. The van der Waals surface area contributed by atoms with Crippen LogP contribution in [0.2, 0.25) is 0 Å². The summed E-state index contributed by atoms with van der Waals surface area (Å²) in [7, 11) is 0. The number of benzene rings is 1. The van der Waals surface area contributed by atoms with Crippen LogP contribution in [0.5, 0.6) is 0 Å². The SMILES string of the molecule is CCNC(C)c1ccccc1-c1cn(CC)nc1C. The van der Waals surface area contributed by atoms with Crippen molar-refractivity contribution < 1.29 is 0 Å². The van der Waals surface area contributed by atoms with Crippen LogP contribution >= 0.6 is 0 Å². The van der Waals surface area contributed by atoms with Crippen molar-refractivity contribution in [3.05, 3.63) is 41.7 Å². The molecule has 0 aliphatic heterocycles. The molecule has 1 N–H and O–H groups in total. The molecule has 2 rings (SSSR count). The minimum atomic E-state index is 0.352. The standard InChI is InChI=1S/C16H23N3/c1-5-17-12(3)14-9-7-8-10-15(14)16-11-19(6-2)18-13(16)4/h7-12,17H,5-6H2,1-4H3. The van der Waals surface area contributed by atoms with E-state index >= 15 is 0 Å². The first-order valence-corrected chi connectivity index (χ1v) is 7.04. The van der Waals surface area contributed by atoms with Gasteiger partial charge < -0.3 is 5.32 Å². The predicted octanol–water partition coefficient (Wildman–Crippen LogP) is 3.55. The topological polar surface area (TPSA) is 29.9 Å². The lowest BCUT2D eigenvalue weighted by Gasteiger charge is -2.16. The molecule has 0 bridgehead atoms. The van der Waals surface area contributed by atoms with Crippen LogP contribution in [0.25, 0.3) is 11.1 Å². The summed E-state index contributed by atoms with van der Waals surface area (Å²) in [5, 5.41) is 8.03. The lowest BCUT2D eigenvalue weighted by molar-refractivity contribution is 0.599. The quantitative estimate of drug-likeness (QED) is 0.887. The second-order valence-electron chi connectivity index (χ2n) is 4.85. The second-order valence-corrected chi connectivity index (χ2v) is 4.85. The normalized spacial score (nSPS) is 12.6. The van der Waals surface area contributed by atoms with Gasteiger partial charge in [-0.05, 0) is 38.4 Å². The third-order valence-electron chi connectivity index (χ3n) is 3.50. The molecule has 3 nitrogen and oxygen atoms in total. The minimum absolute atomic E-state index is 0.352. The van der Waals surface area contributed by atoms with Crippen molar-refractivity contribution >= 4 is 0 Å². The van der Waals surface area contributed by atoms with E-state index in [9.17, 15) is 0 Å². The number of aryl methyl sites for hydroxylation is 2. The van der Waals surface area contributed by atoms with Crippen LogP contribution in [0.1, 0.15) is 38.1 Å². The smallest absolute Gasteiger partial charge is 0.0672 e. The predicted molar refractivity (Wildman–Crippen MR) is 80.2 cm³/mol. The molecule has 3 heteroatoms. The van der Waals surface area contributed by atoms with Crippen LogP contribution in [0.3, 0.4) is 0 Å². The maximum Gasteiger partial charge on any atom is 0.0672 e. The summed E-state index contributed by atoms with van der Waals surface area (Å²) in [6.07, 6.45) is 2.15. The third kappa shape index (κ3) is 2.87. The molecule has 1 aromatic carbocycles. The Kier molecular flexibility index (Phi) is 4.38. The number of hydrogen-bond acceptors (Lipinski definition) is 2. The first kappa shape index (κ1) is 13.8. The van der Waals surface area contributed by atoms with E-state index in [1.807, 2.05) is 4.68 Å². The maximum absolute atomic E-state index is 4.55. The summed E-state index contributed by atoms with van der Waals surface area (Å²) in [5.74, 6) is 0. The van der Waals surface area contributed by atoms with Crippen molar-refractivity contribution in [3.8, 4) is 11.1 Å². The fraction of sp³-hybridized carbons (Fsp3) is 0.438. The largest absolute Gasteiger partial charge is 0.310 e. The van der Waals surface area contributed by atoms with Gasteiger partial charge in [0, 0.05) is 24.3 Å². The Hall–Kier alpha value is -1.61. The molecule has 0 aliphatic carbocycles. The molecule has 0 aliphatic rings. The van der Waals surface area contributed by atoms with Crippen molar-refractivity contribution in [2.75, 3.05) is 6.54 Å². The summed E-state index contributed by atoms with van der Waals surface area (Å²) >= 11 is 0. The molecule has 2 aromatic rings. The monoisotopic (exact) mass is 257 g/mol. The van der Waals surface area contributed by atoms with E-state index in [1.165, 1.54) is 16.7 Å². The highest BCUT2D eigenvalue weighted by atomic mass is 15.3. The Bertz CT molecular complexity index is 543. The highest BCUT2D eigenvalue weighted by Gasteiger charge is 2.14. The summed E-state index contributed by atoms with van der Waals surface area (Å²) in [4.78, 5) is 0. The molecule has 0 fully saturated rings. The van der Waals surface area contributed by atoms with Crippen LogP contribution in [0.4, 0.5) is 0 Å². The van der Waals surface area contributed by atoms with Crippen molar-refractivity contribution in [2.24, 2.45) is 0 Å². The summed E-state index contributed by atoms with van der Waals surface area (Å²) in [6, 6.07) is 8.94. The average Bonchev–Trinajstić information content (AvgIpc) is 2.80. The Morgan fingerprint density at radius 1 is 1.21 bits per heavy atom. The van der Waals surface area contributed by atoms with Gasteiger partial charge in [-0.2, -0.15) is 5.10 Å². The molecular weight excluding hydrogens is 234 g/mol. The molecule has 1 atom stereocenters. The number of nitrogens with one attached hydrogen (secondary N) is 1. The second kappa shape index (κ2) is 6.02. The van der Waals surface area contributed by atoms with Gasteiger partial charge in [-0.3, -0.25) is 4.68 Å². The van der Waals surface area contributed by atoms with Crippen molar-refractivity contribution in [3.63, 3.8) is 0 Å². The van der Waals surface area contributed by atoms with Gasteiger partial charge in [0.1, 0.15) is 0 Å². The van der Waals surface area contributed by atoms with Gasteiger partial charge in [-0.25, -0.2) is 0 Å². The molecule has 0 amide bonds. The lowest BCUT2D eigenvalue weighted by Crippen LogP contribution is -2.18. The fourth-order valence-electron chi connectivity index (χ4n) is 2.48. The van der Waals surface area contributed by atoms with Gasteiger partial charge in [0.2, 0.25) is 0 Å². The highest BCUT2D eigenvalue weighted by molar-refractivity contribution is 5.69. The van der Waals surface area contributed by atoms with Gasteiger partial charge in [-0.15, -0.1) is 0 Å². The highest BCUT2D eigenvalue weighted by Crippen LogP contribution is 2.30. The van der Waals surface area contributed by atoms with Crippen LogP contribution in [-0.4, -0.2) is 16.3 Å². The first-order chi connectivity index (χ1) is 9.17. The molecule has 0 radical (unpaired) electrons. The van der Waals surface area contributed by atoms with Gasteiger partial charge in [0.15, 0.2) is 0 Å². The molecule has 1 unspecified atom stereocenters. The fourth-order valence-corrected chi connectivity index (χ4v) is 2.48. The average molecular weight is 257 g/mol. The van der Waals surface area contributed by atoms with Crippen molar-refractivity contribution in [1.29, 1.82) is 0 Å². The van der Waals surface area contributed by atoms with Gasteiger partial charge in [-0.1, -0.05) is 31.2 Å². The number of hydrogen-bond donors (Lipinski definition) is 1. The molecule has 102 valence electrons. The zero-order chi connectivity index (χ0) is 13.8. The van der Waals surface area contributed by atoms with E-state index in [0.29, 0.717) is 6.04 Å². The minimum Gasteiger partial charge on any atom is -0.310 e. The van der Waals surface area contributed by atoms with Gasteiger partial charge in [0.25, 0.3) is 0 Å². The molecule has 0 saturated carbocycles. The van der Waals surface area contributed by atoms with Crippen LogP contribution in [-0.2, 0) is 6.54 Å². The summed E-state index contributed by atoms with van der Waals surface area (Å²) in [5.41, 5.74) is 4.96. The third-order valence-corrected chi connectivity index (χ3v) is 3.50. The Morgan fingerprint density at radius 3 is 2.58 bits per heavy atom. The summed E-state index contributed by atoms with van der Waals surface area (Å²) in [6.45, 7) is 10.4. The zero-order valence-corrected chi connectivity index (χ0v) is 12.3. The number of nitrogens with zero attached hydrogens (tertiary/aromatic N) is 2. The van der Waals surface area contributed by atoms with Crippen molar-refractivity contribution in [1.82, 2.24) is 15.1 Å². The van der Waals surface area contributed by atoms with Gasteiger partial charge >= 0.3 is 0 Å². The van der Waals surface area contributed by atoms with Crippen LogP contribution in [0.15, 0.2) is 30.5 Å². The number of rotatable bonds is 5. The maximum atomic E-state index is 4.55. The molecule has 1 heterocycles. The molecular formula is C16H23N3. The first-order valence-electron chi connectivity index (χ1n) is 7.04. The van der Waals surface area contributed by atoms with E-state index in [4.69, 9.17) is 0 Å². The Labute approximate surface area is 115 Å². The molecule has 0 saturated heterocycles. The van der Waals surface area contributed by atoms with Crippen LogP contribution < -0.4 is 5.32 Å². The van der Waals surface area contributed by atoms with E-state index in [2.05, 4.69) is 68.6 Å². The molecule has 1 aromatic heterocycles. The number of aromatic nitrogens is 2. The van der Waals surface area contributed by atoms with Gasteiger partial charge in [0.05, 0.1) is 5.69 Å². The van der Waals surface area contributed by atoms with Crippen LogP contribution in [0, 0.1) is 6.92 Å². The Morgan fingerprint density at radius 2 is 1.95 bits per heavy atom. The van der Waals surface area contributed by atoms with E-state index in [1.54, 1.807) is 0 Å². The lowest BCUT2D eigenvalue weighted by atomic mass is 9.96. The van der Waals surface area contributed by atoms with E-state index in [-0.39, 0.29) is 0 Å². The summed E-state index contributed by atoms with van der Waals surface area (Å²) < 4.78 is 2.00. The van der Waals surface area contributed by atoms with Crippen molar-refractivity contribution in [2.45, 2.75) is 40.3 Å². The molecule has 19 heavy (non-hydrogen) atoms. The Balaban J connectivity index is 2.46.